The van der Waals surface area contributed by atoms with Crippen molar-refractivity contribution in [2.45, 2.75) is 34.1 Å². The second-order valence-electron chi connectivity index (χ2n) is 5.48. The summed E-state index contributed by atoms with van der Waals surface area (Å²) in [4.78, 5) is 12.4. The Balaban J connectivity index is 2.08. The highest BCUT2D eigenvalue weighted by Gasteiger charge is 2.13. The number of aryl methyl sites for hydroxylation is 4. The van der Waals surface area contributed by atoms with Crippen LogP contribution in [0.4, 0.5) is 0 Å². The van der Waals surface area contributed by atoms with E-state index in [4.69, 9.17) is 4.74 Å². The molecule has 2 rings (SSSR count). The van der Waals surface area contributed by atoms with Crippen LogP contribution in [-0.2, 0) is 6.42 Å². The van der Waals surface area contributed by atoms with Gasteiger partial charge in [0.25, 0.3) is 0 Å². The molecule has 0 saturated heterocycles. The molecule has 0 aromatic heterocycles. The van der Waals surface area contributed by atoms with Crippen LogP contribution in [0.15, 0.2) is 36.4 Å². The lowest BCUT2D eigenvalue weighted by molar-refractivity contribution is 0.0920. The molecule has 0 amide bonds. The van der Waals surface area contributed by atoms with E-state index in [9.17, 15) is 4.79 Å². The highest BCUT2D eigenvalue weighted by Crippen LogP contribution is 2.18. The standard InChI is InChI=1S/C19H22O2/c1-5-16-6-8-17(9-7-16)21-12-18(20)19-14(3)10-13(2)11-15(19)4/h6-11H,5,12H2,1-4H3. The normalized spacial score (nSPS) is 10.5. The highest BCUT2D eigenvalue weighted by atomic mass is 16.5. The number of carbonyl (C=O) groups excluding carboxylic acids is 1. The van der Waals surface area contributed by atoms with E-state index in [0.29, 0.717) is 0 Å². The third kappa shape index (κ3) is 3.72. The van der Waals surface area contributed by atoms with Crippen molar-refractivity contribution in [2.75, 3.05) is 6.61 Å². The van der Waals surface area contributed by atoms with Gasteiger partial charge in [0, 0.05) is 5.56 Å². The van der Waals surface area contributed by atoms with Gasteiger partial charge in [0.2, 0.25) is 5.78 Å². The van der Waals surface area contributed by atoms with E-state index in [-0.39, 0.29) is 12.4 Å². The first kappa shape index (κ1) is 15.3. The van der Waals surface area contributed by atoms with Gasteiger partial charge in [-0.3, -0.25) is 4.79 Å². The first-order chi connectivity index (χ1) is 10.0. The molecule has 0 spiro atoms. The lowest BCUT2D eigenvalue weighted by Gasteiger charge is -2.11. The number of rotatable bonds is 5. The van der Waals surface area contributed by atoms with Gasteiger partial charge in [0.05, 0.1) is 0 Å². The summed E-state index contributed by atoms with van der Waals surface area (Å²) in [7, 11) is 0. The Kier molecular flexibility index (Phi) is 4.79. The summed E-state index contributed by atoms with van der Waals surface area (Å²) in [5, 5.41) is 0. The van der Waals surface area contributed by atoms with Crippen LogP contribution >= 0.6 is 0 Å². The summed E-state index contributed by atoms with van der Waals surface area (Å²) in [6.07, 6.45) is 1.00. The molecule has 0 bridgehead atoms. The third-order valence-electron chi connectivity index (χ3n) is 3.66. The summed E-state index contributed by atoms with van der Waals surface area (Å²) in [6.45, 7) is 8.19. The van der Waals surface area contributed by atoms with Gasteiger partial charge >= 0.3 is 0 Å². The topological polar surface area (TPSA) is 26.3 Å². The zero-order valence-electron chi connectivity index (χ0n) is 13.2. The molecule has 0 atom stereocenters. The Morgan fingerprint density at radius 2 is 1.57 bits per heavy atom. The summed E-state index contributed by atoms with van der Waals surface area (Å²) >= 11 is 0. The molecule has 2 aromatic rings. The molecular formula is C19H22O2. The molecule has 0 N–H and O–H groups in total. The lowest BCUT2D eigenvalue weighted by Crippen LogP contribution is -2.14. The third-order valence-corrected chi connectivity index (χ3v) is 3.66. The zero-order valence-corrected chi connectivity index (χ0v) is 13.2. The molecule has 2 heteroatoms. The second kappa shape index (κ2) is 6.57. The van der Waals surface area contributed by atoms with Crippen molar-refractivity contribution in [2.24, 2.45) is 0 Å². The Labute approximate surface area is 126 Å². The Bertz CT molecular complexity index is 616. The average molecular weight is 282 g/mol. The molecule has 2 nitrogen and oxygen atoms in total. The molecule has 0 radical (unpaired) electrons. The average Bonchev–Trinajstić information content (AvgIpc) is 2.44. The van der Waals surface area contributed by atoms with Gasteiger partial charge in [-0.05, 0) is 56.0 Å². The highest BCUT2D eigenvalue weighted by molar-refractivity contribution is 6.00. The van der Waals surface area contributed by atoms with E-state index < -0.39 is 0 Å². The van der Waals surface area contributed by atoms with Crippen LogP contribution in [-0.4, -0.2) is 12.4 Å². The van der Waals surface area contributed by atoms with Crippen LogP contribution in [0.3, 0.4) is 0 Å². The number of benzene rings is 2. The predicted molar refractivity (Wildman–Crippen MR) is 86.3 cm³/mol. The zero-order chi connectivity index (χ0) is 15.4. The maximum atomic E-state index is 12.4. The van der Waals surface area contributed by atoms with E-state index in [0.717, 1.165) is 28.9 Å². The number of ether oxygens (including phenoxy) is 1. The smallest absolute Gasteiger partial charge is 0.200 e. The van der Waals surface area contributed by atoms with Gasteiger partial charge in [-0.1, -0.05) is 36.8 Å². The molecule has 0 aliphatic heterocycles. The van der Waals surface area contributed by atoms with Gasteiger partial charge in [0.15, 0.2) is 6.61 Å². The van der Waals surface area contributed by atoms with E-state index >= 15 is 0 Å². The minimum absolute atomic E-state index is 0.0320. The van der Waals surface area contributed by atoms with Crippen LogP contribution in [0.5, 0.6) is 5.75 Å². The molecule has 0 unspecified atom stereocenters. The fourth-order valence-corrected chi connectivity index (χ4v) is 2.66. The molecule has 0 fully saturated rings. The molecule has 0 saturated carbocycles. The van der Waals surface area contributed by atoms with Crippen LogP contribution in [0.1, 0.15) is 39.5 Å². The molecule has 0 aliphatic rings. The van der Waals surface area contributed by atoms with E-state index in [1.165, 1.54) is 11.1 Å². The Morgan fingerprint density at radius 1 is 1.00 bits per heavy atom. The number of ketones is 1. The maximum Gasteiger partial charge on any atom is 0.200 e. The Morgan fingerprint density at radius 3 is 2.10 bits per heavy atom. The van der Waals surface area contributed by atoms with Crippen molar-refractivity contribution in [3.63, 3.8) is 0 Å². The van der Waals surface area contributed by atoms with E-state index in [2.05, 4.69) is 6.92 Å². The van der Waals surface area contributed by atoms with Crippen molar-refractivity contribution in [1.29, 1.82) is 0 Å². The SMILES string of the molecule is CCc1ccc(OCC(=O)c2c(C)cc(C)cc2C)cc1. The Hall–Kier alpha value is -2.09. The van der Waals surface area contributed by atoms with Gasteiger partial charge in [-0.25, -0.2) is 0 Å². The molecule has 0 aliphatic carbocycles. The predicted octanol–water partition coefficient (Wildman–Crippen LogP) is 4.44. The van der Waals surface area contributed by atoms with Crippen molar-refractivity contribution in [3.8, 4) is 5.75 Å². The van der Waals surface area contributed by atoms with Crippen LogP contribution < -0.4 is 4.74 Å². The second-order valence-corrected chi connectivity index (χ2v) is 5.48. The summed E-state index contributed by atoms with van der Waals surface area (Å²) in [5.74, 6) is 0.771. The number of hydrogen-bond donors (Lipinski definition) is 0. The summed E-state index contributed by atoms with van der Waals surface area (Å²) < 4.78 is 5.61. The number of Topliss-reactive ketones (excluding diaryl/α,β-unsaturated/α-hetero) is 1. The molecule has 0 heterocycles. The van der Waals surface area contributed by atoms with E-state index in [1.807, 2.05) is 57.2 Å². The van der Waals surface area contributed by atoms with Gasteiger partial charge in [-0.15, -0.1) is 0 Å². The van der Waals surface area contributed by atoms with Crippen molar-refractivity contribution in [3.05, 3.63) is 64.2 Å². The monoisotopic (exact) mass is 282 g/mol. The first-order valence-corrected chi connectivity index (χ1v) is 7.34. The molecular weight excluding hydrogens is 260 g/mol. The lowest BCUT2D eigenvalue weighted by atomic mass is 9.97. The van der Waals surface area contributed by atoms with Gasteiger partial charge in [-0.2, -0.15) is 0 Å². The number of carbonyl (C=O) groups is 1. The summed E-state index contributed by atoms with van der Waals surface area (Å²) in [5.41, 5.74) is 5.26. The fraction of sp³-hybridized carbons (Fsp3) is 0.316. The van der Waals surface area contributed by atoms with Crippen LogP contribution in [0.25, 0.3) is 0 Å². The fourth-order valence-electron chi connectivity index (χ4n) is 2.66. The minimum Gasteiger partial charge on any atom is -0.485 e. The molecule has 21 heavy (non-hydrogen) atoms. The first-order valence-electron chi connectivity index (χ1n) is 7.34. The van der Waals surface area contributed by atoms with E-state index in [1.54, 1.807) is 0 Å². The van der Waals surface area contributed by atoms with Crippen LogP contribution in [0.2, 0.25) is 0 Å². The summed E-state index contributed by atoms with van der Waals surface area (Å²) in [6, 6.07) is 12.0. The molecule has 2 aromatic carbocycles. The van der Waals surface area contributed by atoms with Gasteiger partial charge < -0.3 is 4.74 Å². The van der Waals surface area contributed by atoms with Crippen molar-refractivity contribution in [1.82, 2.24) is 0 Å². The molecule has 110 valence electrons. The van der Waals surface area contributed by atoms with Gasteiger partial charge in [0.1, 0.15) is 5.75 Å². The van der Waals surface area contributed by atoms with Crippen LogP contribution in [0, 0.1) is 20.8 Å². The largest absolute Gasteiger partial charge is 0.485 e. The van der Waals surface area contributed by atoms with Crippen molar-refractivity contribution < 1.29 is 9.53 Å². The van der Waals surface area contributed by atoms with Crippen molar-refractivity contribution >= 4 is 5.78 Å². The minimum atomic E-state index is 0.0320. The number of hydrogen-bond acceptors (Lipinski definition) is 2. The maximum absolute atomic E-state index is 12.4. The quantitative estimate of drug-likeness (QED) is 0.758.